The molecule has 1 fully saturated rings. The van der Waals surface area contributed by atoms with Gasteiger partial charge in [-0.3, -0.25) is 9.20 Å². The molecule has 1 aliphatic heterocycles. The lowest BCUT2D eigenvalue weighted by Crippen LogP contribution is -2.16. The first-order chi connectivity index (χ1) is 15.1. The minimum atomic E-state index is -0.308. The summed E-state index contributed by atoms with van der Waals surface area (Å²) in [6, 6.07) is 14.4. The van der Waals surface area contributed by atoms with Crippen molar-refractivity contribution < 1.29 is 9.53 Å². The van der Waals surface area contributed by atoms with Gasteiger partial charge < -0.3 is 15.8 Å². The molecule has 0 bridgehead atoms. The van der Waals surface area contributed by atoms with Gasteiger partial charge in [-0.2, -0.15) is 0 Å². The Morgan fingerprint density at radius 2 is 2.03 bits per heavy atom. The third-order valence-electron chi connectivity index (χ3n) is 5.36. The molecule has 2 aromatic carbocycles. The Hall–Kier alpha value is -3.42. The summed E-state index contributed by atoms with van der Waals surface area (Å²) in [7, 11) is 0. The predicted octanol–water partition coefficient (Wildman–Crippen LogP) is 4.41. The number of ketones is 1. The highest BCUT2D eigenvalue weighted by molar-refractivity contribution is 6.35. The zero-order valence-electron chi connectivity index (χ0n) is 16.6. The predicted molar refractivity (Wildman–Crippen MR) is 119 cm³/mol. The Bertz CT molecular complexity index is 1270. The van der Waals surface area contributed by atoms with Crippen LogP contribution in [0.2, 0.25) is 5.02 Å². The highest BCUT2D eigenvalue weighted by Crippen LogP contribution is 2.31. The van der Waals surface area contributed by atoms with E-state index in [9.17, 15) is 4.79 Å². The van der Waals surface area contributed by atoms with Gasteiger partial charge in [0.1, 0.15) is 34.4 Å². The van der Waals surface area contributed by atoms with E-state index >= 15 is 0 Å². The maximum absolute atomic E-state index is 13.4. The topological polar surface area (TPSA) is 94.5 Å². The second-order valence-electron chi connectivity index (χ2n) is 7.38. The number of ether oxygens (including phenoxy) is 1. The van der Waals surface area contributed by atoms with Gasteiger partial charge in [-0.05, 0) is 43.7 Å². The Balaban J connectivity index is 1.53. The lowest BCUT2D eigenvalue weighted by Gasteiger charge is -2.08. The van der Waals surface area contributed by atoms with Crippen LogP contribution in [0.15, 0.2) is 60.9 Å². The number of carbonyl (C=O) groups is 1. The van der Waals surface area contributed by atoms with Gasteiger partial charge in [0.05, 0.1) is 11.1 Å². The van der Waals surface area contributed by atoms with Crippen LogP contribution in [0, 0.1) is 0 Å². The van der Waals surface area contributed by atoms with Crippen LogP contribution >= 0.6 is 11.6 Å². The highest BCUT2D eigenvalue weighted by atomic mass is 35.5. The number of nitrogens with two attached hydrogens (primary N) is 1. The molecule has 156 valence electrons. The Kier molecular flexibility index (Phi) is 5.05. The molecule has 5 rings (SSSR count). The van der Waals surface area contributed by atoms with Crippen LogP contribution < -0.4 is 15.8 Å². The number of nitrogens with one attached hydrogen (secondary N) is 1. The second-order valence-corrected chi connectivity index (χ2v) is 7.79. The van der Waals surface area contributed by atoms with E-state index in [0.717, 1.165) is 25.2 Å². The molecule has 7 nitrogen and oxygen atoms in total. The van der Waals surface area contributed by atoms with Crippen molar-refractivity contribution in [1.82, 2.24) is 19.7 Å². The van der Waals surface area contributed by atoms with Gasteiger partial charge in [-0.25, -0.2) is 9.97 Å². The van der Waals surface area contributed by atoms with Gasteiger partial charge in [0.25, 0.3) is 0 Å². The normalized spacial score (nSPS) is 16.0. The SMILES string of the molecule is Nc1nccn2c([C@@H]3CCCN3)nc(C(=O)c3ccc(Oc4ccccc4)cc3Cl)c12. The highest BCUT2D eigenvalue weighted by Gasteiger charge is 2.28. The first-order valence-electron chi connectivity index (χ1n) is 10.0. The Morgan fingerprint density at radius 1 is 1.19 bits per heavy atom. The van der Waals surface area contributed by atoms with Crippen molar-refractivity contribution in [3.05, 3.63) is 83.0 Å². The monoisotopic (exact) mass is 433 g/mol. The summed E-state index contributed by atoms with van der Waals surface area (Å²) in [5, 5.41) is 3.70. The number of hydrogen-bond donors (Lipinski definition) is 2. The van der Waals surface area contributed by atoms with Crippen LogP contribution in [-0.2, 0) is 0 Å². The average molecular weight is 434 g/mol. The molecule has 0 radical (unpaired) electrons. The molecule has 0 aliphatic carbocycles. The fourth-order valence-corrected chi connectivity index (χ4v) is 4.15. The van der Waals surface area contributed by atoms with Crippen molar-refractivity contribution in [2.75, 3.05) is 12.3 Å². The number of imidazole rings is 1. The first kappa shape index (κ1) is 19.5. The number of nitrogens with zero attached hydrogens (tertiary/aromatic N) is 3. The molecule has 1 atom stereocenters. The number of nitrogen functional groups attached to an aromatic ring is 1. The number of halogens is 1. The van der Waals surface area contributed by atoms with E-state index in [2.05, 4.69) is 15.3 Å². The van der Waals surface area contributed by atoms with Crippen molar-refractivity contribution in [2.45, 2.75) is 18.9 Å². The molecule has 0 spiro atoms. The maximum atomic E-state index is 13.4. The Labute approximate surface area is 183 Å². The number of carbonyl (C=O) groups excluding carboxylic acids is 1. The van der Waals surface area contributed by atoms with Gasteiger partial charge in [-0.1, -0.05) is 29.8 Å². The van der Waals surface area contributed by atoms with Gasteiger partial charge in [0, 0.05) is 24.0 Å². The minimum absolute atomic E-state index is 0.0629. The molecular formula is C23H20ClN5O2. The van der Waals surface area contributed by atoms with Crippen molar-refractivity contribution in [1.29, 1.82) is 0 Å². The van der Waals surface area contributed by atoms with Gasteiger partial charge >= 0.3 is 0 Å². The molecule has 31 heavy (non-hydrogen) atoms. The smallest absolute Gasteiger partial charge is 0.215 e. The lowest BCUT2D eigenvalue weighted by molar-refractivity contribution is 0.103. The maximum Gasteiger partial charge on any atom is 0.215 e. The summed E-state index contributed by atoms with van der Waals surface area (Å²) in [6.07, 6.45) is 5.39. The van der Waals surface area contributed by atoms with E-state index in [-0.39, 0.29) is 28.4 Å². The van der Waals surface area contributed by atoms with E-state index in [0.29, 0.717) is 22.6 Å². The first-order valence-corrected chi connectivity index (χ1v) is 10.4. The molecule has 0 unspecified atom stereocenters. The van der Waals surface area contributed by atoms with Crippen molar-refractivity contribution >= 4 is 28.7 Å². The number of para-hydroxylation sites is 1. The molecule has 0 saturated carbocycles. The molecule has 4 aromatic rings. The van der Waals surface area contributed by atoms with Gasteiger partial charge in [0.2, 0.25) is 5.78 Å². The molecule has 3 N–H and O–H groups in total. The number of fused-ring (bicyclic) bond motifs is 1. The number of aromatic nitrogens is 3. The van der Waals surface area contributed by atoms with Crippen LogP contribution in [0.5, 0.6) is 11.5 Å². The summed E-state index contributed by atoms with van der Waals surface area (Å²) < 4.78 is 7.65. The van der Waals surface area contributed by atoms with Crippen LogP contribution in [-0.4, -0.2) is 26.7 Å². The summed E-state index contributed by atoms with van der Waals surface area (Å²) in [4.78, 5) is 22.3. The molecule has 1 aliphatic rings. The summed E-state index contributed by atoms with van der Waals surface area (Å²) in [5.41, 5.74) is 7.21. The lowest BCUT2D eigenvalue weighted by atomic mass is 10.1. The standard InChI is InChI=1S/C23H20ClN5O2/c24-17-13-15(31-14-5-2-1-3-6-14)8-9-16(17)21(30)19-20-22(25)27-11-12-29(20)23(28-19)18-7-4-10-26-18/h1-3,5-6,8-9,11-13,18,26H,4,7,10H2,(H2,25,27)/t18-/m0/s1. The molecule has 2 aromatic heterocycles. The molecule has 8 heteroatoms. The van der Waals surface area contributed by atoms with E-state index < -0.39 is 0 Å². The molecule has 3 heterocycles. The summed E-state index contributed by atoms with van der Waals surface area (Å²) >= 11 is 6.47. The molecule has 0 amide bonds. The minimum Gasteiger partial charge on any atom is -0.457 e. The van der Waals surface area contributed by atoms with E-state index in [1.54, 1.807) is 30.6 Å². The van der Waals surface area contributed by atoms with Crippen LogP contribution in [0.4, 0.5) is 5.82 Å². The van der Waals surface area contributed by atoms with Gasteiger partial charge in [0.15, 0.2) is 0 Å². The van der Waals surface area contributed by atoms with Crippen LogP contribution in [0.1, 0.15) is 40.8 Å². The van der Waals surface area contributed by atoms with Crippen LogP contribution in [0.25, 0.3) is 5.52 Å². The van der Waals surface area contributed by atoms with Crippen molar-refractivity contribution in [3.8, 4) is 11.5 Å². The molecule has 1 saturated heterocycles. The van der Waals surface area contributed by atoms with Crippen LogP contribution in [0.3, 0.4) is 0 Å². The fraction of sp³-hybridized carbons (Fsp3) is 0.174. The van der Waals surface area contributed by atoms with E-state index in [4.69, 9.17) is 22.1 Å². The van der Waals surface area contributed by atoms with E-state index in [1.165, 1.54) is 0 Å². The third-order valence-corrected chi connectivity index (χ3v) is 5.67. The Morgan fingerprint density at radius 3 is 2.77 bits per heavy atom. The quantitative estimate of drug-likeness (QED) is 0.452. The van der Waals surface area contributed by atoms with Crippen molar-refractivity contribution in [3.63, 3.8) is 0 Å². The summed E-state index contributed by atoms with van der Waals surface area (Å²) in [5.74, 6) is 1.93. The average Bonchev–Trinajstić information content (AvgIpc) is 3.43. The molecular weight excluding hydrogens is 414 g/mol. The number of anilines is 1. The third kappa shape index (κ3) is 3.62. The second kappa shape index (κ2) is 8.02. The van der Waals surface area contributed by atoms with Gasteiger partial charge in [-0.15, -0.1) is 0 Å². The summed E-state index contributed by atoms with van der Waals surface area (Å²) in [6.45, 7) is 0.915. The zero-order chi connectivity index (χ0) is 21.4. The van der Waals surface area contributed by atoms with Crippen molar-refractivity contribution in [2.24, 2.45) is 0 Å². The number of rotatable bonds is 5. The fourth-order valence-electron chi connectivity index (χ4n) is 3.89. The number of benzene rings is 2. The zero-order valence-corrected chi connectivity index (χ0v) is 17.3. The van der Waals surface area contributed by atoms with E-state index in [1.807, 2.05) is 34.7 Å². The number of hydrogen-bond acceptors (Lipinski definition) is 6. The largest absolute Gasteiger partial charge is 0.457 e.